The van der Waals surface area contributed by atoms with Gasteiger partial charge in [0.1, 0.15) is 0 Å². The van der Waals surface area contributed by atoms with Crippen LogP contribution in [0.25, 0.3) is 11.6 Å². The van der Waals surface area contributed by atoms with E-state index in [4.69, 9.17) is 0 Å². The second-order valence-electron chi connectivity index (χ2n) is 3.91. The first-order chi connectivity index (χ1) is 8.81. The number of carbonyl (C=O) groups is 1. The van der Waals surface area contributed by atoms with Crippen molar-refractivity contribution < 1.29 is 4.79 Å². The molecule has 2 nitrogen and oxygen atoms in total. The average molecular weight is 237 g/mol. The van der Waals surface area contributed by atoms with Crippen molar-refractivity contribution in [1.82, 2.24) is 5.32 Å². The predicted molar refractivity (Wildman–Crippen MR) is 74.8 cm³/mol. The van der Waals surface area contributed by atoms with Crippen LogP contribution < -0.4 is 5.32 Å². The third-order valence-corrected chi connectivity index (χ3v) is 2.67. The first-order valence-corrected chi connectivity index (χ1v) is 5.85. The standard InChI is InChI=1S/C16H15NO/c1-17-16(18)15(14-10-6-3-7-11-14)12-13-8-4-2-5-9-13/h2-12H,1H3,(H,17,18)/b15-12+. The fourth-order valence-electron chi connectivity index (χ4n) is 1.75. The van der Waals surface area contributed by atoms with E-state index in [9.17, 15) is 4.79 Å². The highest BCUT2D eigenvalue weighted by Crippen LogP contribution is 2.18. The molecule has 0 radical (unpaired) electrons. The molecule has 0 saturated carbocycles. The van der Waals surface area contributed by atoms with E-state index in [2.05, 4.69) is 5.32 Å². The molecule has 2 aromatic rings. The molecule has 0 aliphatic rings. The van der Waals surface area contributed by atoms with E-state index in [0.29, 0.717) is 5.57 Å². The highest BCUT2D eigenvalue weighted by atomic mass is 16.1. The Labute approximate surface area is 107 Å². The molecule has 1 amide bonds. The Morgan fingerprint density at radius 3 is 2.06 bits per heavy atom. The summed E-state index contributed by atoms with van der Waals surface area (Å²) in [5.74, 6) is -0.0787. The summed E-state index contributed by atoms with van der Waals surface area (Å²) in [6, 6.07) is 19.5. The van der Waals surface area contributed by atoms with Gasteiger partial charge in [-0.15, -0.1) is 0 Å². The molecular weight excluding hydrogens is 222 g/mol. The summed E-state index contributed by atoms with van der Waals surface area (Å²) in [5.41, 5.74) is 2.60. The Balaban J connectivity index is 2.44. The van der Waals surface area contributed by atoms with Crippen LogP contribution in [0.5, 0.6) is 0 Å². The maximum absolute atomic E-state index is 11.9. The molecule has 0 unspecified atom stereocenters. The lowest BCUT2D eigenvalue weighted by Gasteiger charge is -2.06. The first-order valence-electron chi connectivity index (χ1n) is 5.85. The van der Waals surface area contributed by atoms with Crippen molar-refractivity contribution in [1.29, 1.82) is 0 Å². The smallest absolute Gasteiger partial charge is 0.251 e. The van der Waals surface area contributed by atoms with E-state index < -0.39 is 0 Å². The van der Waals surface area contributed by atoms with Crippen molar-refractivity contribution in [2.45, 2.75) is 0 Å². The molecule has 0 atom stereocenters. The van der Waals surface area contributed by atoms with Crippen LogP contribution in [0.2, 0.25) is 0 Å². The molecule has 2 aromatic carbocycles. The zero-order chi connectivity index (χ0) is 12.8. The molecule has 0 aromatic heterocycles. The van der Waals surface area contributed by atoms with E-state index in [1.165, 1.54) is 0 Å². The van der Waals surface area contributed by atoms with Crippen LogP contribution in [0.4, 0.5) is 0 Å². The second kappa shape index (κ2) is 5.82. The molecule has 0 spiro atoms. The summed E-state index contributed by atoms with van der Waals surface area (Å²) in [4.78, 5) is 11.9. The van der Waals surface area contributed by atoms with Crippen LogP contribution in [0, 0.1) is 0 Å². The van der Waals surface area contributed by atoms with Gasteiger partial charge in [0.05, 0.1) is 0 Å². The highest BCUT2D eigenvalue weighted by molar-refractivity contribution is 6.24. The van der Waals surface area contributed by atoms with E-state index in [1.54, 1.807) is 7.05 Å². The van der Waals surface area contributed by atoms with E-state index >= 15 is 0 Å². The van der Waals surface area contributed by atoms with Gasteiger partial charge in [0, 0.05) is 12.6 Å². The predicted octanol–water partition coefficient (Wildman–Crippen LogP) is 2.97. The molecule has 1 N–H and O–H groups in total. The molecule has 2 heteroatoms. The number of likely N-dealkylation sites (N-methyl/N-ethyl adjacent to an activating group) is 1. The molecule has 0 bridgehead atoms. The van der Waals surface area contributed by atoms with Crippen LogP contribution in [0.1, 0.15) is 11.1 Å². The van der Waals surface area contributed by atoms with Crippen LogP contribution in [-0.4, -0.2) is 13.0 Å². The fraction of sp³-hybridized carbons (Fsp3) is 0.0625. The number of amides is 1. The Morgan fingerprint density at radius 1 is 0.944 bits per heavy atom. The summed E-state index contributed by atoms with van der Waals surface area (Å²) in [7, 11) is 1.64. The third kappa shape index (κ3) is 2.86. The Morgan fingerprint density at radius 2 is 1.50 bits per heavy atom. The molecule has 18 heavy (non-hydrogen) atoms. The van der Waals surface area contributed by atoms with Crippen molar-refractivity contribution in [2.24, 2.45) is 0 Å². The second-order valence-corrected chi connectivity index (χ2v) is 3.91. The molecule has 0 fully saturated rings. The minimum Gasteiger partial charge on any atom is -0.355 e. The topological polar surface area (TPSA) is 29.1 Å². The number of nitrogens with one attached hydrogen (secondary N) is 1. The summed E-state index contributed by atoms with van der Waals surface area (Å²) in [6.07, 6.45) is 1.90. The first kappa shape index (κ1) is 12.1. The van der Waals surface area contributed by atoms with Gasteiger partial charge in [-0.3, -0.25) is 4.79 Å². The minimum absolute atomic E-state index is 0.0787. The van der Waals surface area contributed by atoms with Gasteiger partial charge in [-0.1, -0.05) is 60.7 Å². The third-order valence-electron chi connectivity index (χ3n) is 2.67. The van der Waals surface area contributed by atoms with Crippen LogP contribution in [0.3, 0.4) is 0 Å². The van der Waals surface area contributed by atoms with Crippen LogP contribution in [-0.2, 0) is 4.79 Å². The number of benzene rings is 2. The SMILES string of the molecule is CNC(=O)/C(=C/c1ccccc1)c1ccccc1. The van der Waals surface area contributed by atoms with Crippen molar-refractivity contribution >= 4 is 17.6 Å². The van der Waals surface area contributed by atoms with Crippen molar-refractivity contribution in [3.05, 3.63) is 71.8 Å². The number of hydrogen-bond donors (Lipinski definition) is 1. The number of hydrogen-bond acceptors (Lipinski definition) is 1. The van der Waals surface area contributed by atoms with Gasteiger partial charge in [0.25, 0.3) is 5.91 Å². The monoisotopic (exact) mass is 237 g/mol. The van der Waals surface area contributed by atoms with Gasteiger partial charge >= 0.3 is 0 Å². The zero-order valence-electron chi connectivity index (χ0n) is 10.3. The lowest BCUT2D eigenvalue weighted by molar-refractivity contribution is -0.115. The van der Waals surface area contributed by atoms with Gasteiger partial charge in [-0.25, -0.2) is 0 Å². The number of carbonyl (C=O) groups excluding carboxylic acids is 1. The maximum Gasteiger partial charge on any atom is 0.251 e. The van der Waals surface area contributed by atoms with Gasteiger partial charge in [-0.2, -0.15) is 0 Å². The molecule has 2 rings (SSSR count). The summed E-state index contributed by atoms with van der Waals surface area (Å²) >= 11 is 0. The lowest BCUT2D eigenvalue weighted by atomic mass is 10.0. The summed E-state index contributed by atoms with van der Waals surface area (Å²) in [5, 5.41) is 2.68. The largest absolute Gasteiger partial charge is 0.355 e. The van der Waals surface area contributed by atoms with Crippen molar-refractivity contribution in [3.8, 4) is 0 Å². The molecule has 0 saturated heterocycles. The highest BCUT2D eigenvalue weighted by Gasteiger charge is 2.09. The molecule has 90 valence electrons. The Bertz CT molecular complexity index is 544. The van der Waals surface area contributed by atoms with E-state index in [1.807, 2.05) is 66.7 Å². The average Bonchev–Trinajstić information content (AvgIpc) is 2.46. The van der Waals surface area contributed by atoms with E-state index in [-0.39, 0.29) is 5.91 Å². The molecule has 0 heterocycles. The normalized spacial score (nSPS) is 11.1. The molecule has 0 aliphatic carbocycles. The van der Waals surface area contributed by atoms with Gasteiger partial charge in [-0.05, 0) is 17.2 Å². The molecular formula is C16H15NO. The van der Waals surface area contributed by atoms with Crippen molar-refractivity contribution in [3.63, 3.8) is 0 Å². The van der Waals surface area contributed by atoms with Gasteiger partial charge in [0.15, 0.2) is 0 Å². The lowest BCUT2D eigenvalue weighted by Crippen LogP contribution is -2.19. The number of rotatable bonds is 3. The van der Waals surface area contributed by atoms with Crippen LogP contribution in [0.15, 0.2) is 60.7 Å². The zero-order valence-corrected chi connectivity index (χ0v) is 10.3. The minimum atomic E-state index is -0.0787. The summed E-state index contributed by atoms with van der Waals surface area (Å²) in [6.45, 7) is 0. The maximum atomic E-state index is 11.9. The quantitative estimate of drug-likeness (QED) is 0.645. The van der Waals surface area contributed by atoms with Crippen LogP contribution >= 0.6 is 0 Å². The van der Waals surface area contributed by atoms with E-state index in [0.717, 1.165) is 11.1 Å². The Hall–Kier alpha value is -2.35. The Kier molecular flexibility index (Phi) is 3.92. The van der Waals surface area contributed by atoms with Gasteiger partial charge in [0.2, 0.25) is 0 Å². The summed E-state index contributed by atoms with van der Waals surface area (Å²) < 4.78 is 0. The fourth-order valence-corrected chi connectivity index (χ4v) is 1.75. The van der Waals surface area contributed by atoms with Crippen molar-refractivity contribution in [2.75, 3.05) is 7.05 Å². The van der Waals surface area contributed by atoms with Gasteiger partial charge < -0.3 is 5.32 Å². The molecule has 0 aliphatic heterocycles.